The molecule has 1 aliphatic heterocycles. The molecule has 0 spiro atoms. The Labute approximate surface area is 162 Å². The van der Waals surface area contributed by atoms with Crippen molar-refractivity contribution in [1.29, 1.82) is 0 Å². The average Bonchev–Trinajstić information content (AvgIpc) is 2.98. The second-order valence-corrected chi connectivity index (χ2v) is 9.55. The Kier molecular flexibility index (Phi) is 5.87. The van der Waals surface area contributed by atoms with Gasteiger partial charge in [-0.15, -0.1) is 0 Å². The van der Waals surface area contributed by atoms with Crippen molar-refractivity contribution in [3.05, 3.63) is 40.9 Å². The monoisotopic (exact) mass is 439 g/mol. The van der Waals surface area contributed by atoms with Crippen molar-refractivity contribution in [3.8, 4) is 5.75 Å². The van der Waals surface area contributed by atoms with Gasteiger partial charge in [0.15, 0.2) is 16.4 Å². The first kappa shape index (κ1) is 19.2. The number of rotatable bonds is 6. The number of hydrogen-bond acceptors (Lipinski definition) is 4. The van der Waals surface area contributed by atoms with E-state index in [1.807, 2.05) is 43.3 Å². The summed E-state index contributed by atoms with van der Waals surface area (Å²) in [4.78, 5) is 14.3. The van der Waals surface area contributed by atoms with Crippen LogP contribution in [0.5, 0.6) is 5.75 Å². The fourth-order valence-corrected chi connectivity index (χ4v) is 5.66. The Morgan fingerprint density at radius 3 is 2.73 bits per heavy atom. The highest BCUT2D eigenvalue weighted by Crippen LogP contribution is 2.33. The molecule has 0 radical (unpaired) electrons. The first-order valence-corrected chi connectivity index (χ1v) is 11.3. The van der Waals surface area contributed by atoms with E-state index in [1.54, 1.807) is 4.90 Å². The molecule has 0 aromatic heterocycles. The lowest BCUT2D eigenvalue weighted by molar-refractivity contribution is -0.135. The third kappa shape index (κ3) is 4.20. The Morgan fingerprint density at radius 2 is 2.04 bits per heavy atom. The molecule has 26 heavy (non-hydrogen) atoms. The number of ether oxygens (including phenoxy) is 1. The molecule has 1 fully saturated rings. The van der Waals surface area contributed by atoms with Gasteiger partial charge in [-0.25, -0.2) is 8.42 Å². The van der Waals surface area contributed by atoms with E-state index in [-0.39, 0.29) is 30.1 Å². The third-order valence-corrected chi connectivity index (χ3v) is 7.18. The van der Waals surface area contributed by atoms with Crippen molar-refractivity contribution in [3.63, 3.8) is 0 Å². The number of amides is 1. The van der Waals surface area contributed by atoms with E-state index in [0.717, 1.165) is 21.7 Å². The molecule has 1 saturated heterocycles. The van der Waals surface area contributed by atoms with Gasteiger partial charge >= 0.3 is 0 Å². The zero-order valence-corrected chi connectivity index (χ0v) is 17.1. The van der Waals surface area contributed by atoms with Gasteiger partial charge in [-0.2, -0.15) is 0 Å². The zero-order chi connectivity index (χ0) is 18.7. The minimum absolute atomic E-state index is 0.0540. The van der Waals surface area contributed by atoms with E-state index in [4.69, 9.17) is 4.74 Å². The average molecular weight is 440 g/mol. The van der Waals surface area contributed by atoms with Gasteiger partial charge in [0.25, 0.3) is 5.91 Å². The van der Waals surface area contributed by atoms with Crippen molar-refractivity contribution in [2.45, 2.75) is 25.8 Å². The normalized spacial score (nSPS) is 18.8. The van der Waals surface area contributed by atoms with E-state index < -0.39 is 9.84 Å². The lowest BCUT2D eigenvalue weighted by atomic mass is 10.1. The summed E-state index contributed by atoms with van der Waals surface area (Å²) in [6, 6.07) is 11.5. The van der Waals surface area contributed by atoms with Gasteiger partial charge in [0.2, 0.25) is 0 Å². The summed E-state index contributed by atoms with van der Waals surface area (Å²) >= 11 is 3.55. The lowest BCUT2D eigenvalue weighted by Crippen LogP contribution is -2.44. The summed E-state index contributed by atoms with van der Waals surface area (Å²) in [5, 5.41) is 2.10. The van der Waals surface area contributed by atoms with Crippen LogP contribution in [0.2, 0.25) is 0 Å². The second-order valence-electron chi connectivity index (χ2n) is 6.53. The molecule has 1 amide bonds. The highest BCUT2D eigenvalue weighted by atomic mass is 79.9. The van der Waals surface area contributed by atoms with Crippen molar-refractivity contribution in [2.75, 3.05) is 24.7 Å². The van der Waals surface area contributed by atoms with Gasteiger partial charge in [0, 0.05) is 12.6 Å². The molecule has 5 nitrogen and oxygen atoms in total. The first-order valence-electron chi connectivity index (χ1n) is 8.71. The summed E-state index contributed by atoms with van der Waals surface area (Å²) in [5.41, 5.74) is 0. The molecule has 1 unspecified atom stereocenters. The van der Waals surface area contributed by atoms with E-state index in [2.05, 4.69) is 15.9 Å². The van der Waals surface area contributed by atoms with Gasteiger partial charge in [-0.3, -0.25) is 4.79 Å². The summed E-state index contributed by atoms with van der Waals surface area (Å²) < 4.78 is 30.1. The predicted molar refractivity (Wildman–Crippen MR) is 106 cm³/mol. The number of hydrogen-bond donors (Lipinski definition) is 0. The number of fused-ring (bicyclic) bond motifs is 1. The van der Waals surface area contributed by atoms with Crippen molar-refractivity contribution >= 4 is 42.4 Å². The maximum absolute atomic E-state index is 12.7. The number of carbonyl (C=O) groups is 1. The molecule has 1 atom stereocenters. The Morgan fingerprint density at radius 1 is 1.27 bits per heavy atom. The van der Waals surface area contributed by atoms with Crippen LogP contribution in [0.3, 0.4) is 0 Å². The maximum atomic E-state index is 12.7. The number of nitrogens with zero attached hydrogens (tertiary/aromatic N) is 1. The van der Waals surface area contributed by atoms with Crippen molar-refractivity contribution in [2.24, 2.45) is 0 Å². The molecule has 140 valence electrons. The number of sulfone groups is 1. The molecule has 2 aromatic carbocycles. The lowest BCUT2D eigenvalue weighted by Gasteiger charge is -2.28. The number of halogens is 1. The molecule has 0 aliphatic carbocycles. The largest absolute Gasteiger partial charge is 0.483 e. The molecule has 0 bridgehead atoms. The molecular formula is C19H22BrNO4S. The summed E-state index contributed by atoms with van der Waals surface area (Å²) in [7, 11) is -3.03. The Balaban J connectivity index is 1.71. The van der Waals surface area contributed by atoms with E-state index in [1.165, 1.54) is 0 Å². The van der Waals surface area contributed by atoms with E-state index in [9.17, 15) is 13.2 Å². The fourth-order valence-electron chi connectivity index (χ4n) is 3.32. The van der Waals surface area contributed by atoms with Gasteiger partial charge in [0.05, 0.1) is 16.0 Å². The molecule has 7 heteroatoms. The molecule has 2 aromatic rings. The maximum Gasteiger partial charge on any atom is 0.260 e. The SMILES string of the molecule is CCCN(C(=O)COc1ccc2ccccc2c1Br)C1CCS(=O)(=O)C1. The quantitative estimate of drug-likeness (QED) is 0.691. The van der Waals surface area contributed by atoms with Crippen LogP contribution in [0, 0.1) is 0 Å². The Bertz CT molecular complexity index is 913. The minimum atomic E-state index is -3.03. The van der Waals surface area contributed by atoms with Gasteiger partial charge < -0.3 is 9.64 Å². The third-order valence-electron chi connectivity index (χ3n) is 4.61. The van der Waals surface area contributed by atoms with Crippen LogP contribution >= 0.6 is 15.9 Å². The number of benzene rings is 2. The van der Waals surface area contributed by atoms with Crippen LogP contribution in [0.15, 0.2) is 40.9 Å². The second kappa shape index (κ2) is 7.96. The van der Waals surface area contributed by atoms with Gasteiger partial charge in [-0.1, -0.05) is 37.3 Å². The van der Waals surface area contributed by atoms with E-state index in [0.29, 0.717) is 18.7 Å². The minimum Gasteiger partial charge on any atom is -0.483 e. The number of carbonyl (C=O) groups excluding carboxylic acids is 1. The molecular weight excluding hydrogens is 418 g/mol. The predicted octanol–water partition coefficient (Wildman–Crippen LogP) is 3.41. The van der Waals surface area contributed by atoms with Crippen LogP contribution in [-0.2, 0) is 14.6 Å². The van der Waals surface area contributed by atoms with Gasteiger partial charge in [0.1, 0.15) is 5.75 Å². The summed E-state index contributed by atoms with van der Waals surface area (Å²) in [6.07, 6.45) is 1.29. The van der Waals surface area contributed by atoms with Crippen LogP contribution in [-0.4, -0.2) is 49.9 Å². The van der Waals surface area contributed by atoms with Crippen LogP contribution in [0.25, 0.3) is 10.8 Å². The van der Waals surface area contributed by atoms with E-state index >= 15 is 0 Å². The van der Waals surface area contributed by atoms with Crippen molar-refractivity contribution < 1.29 is 17.9 Å². The molecule has 0 N–H and O–H groups in total. The summed E-state index contributed by atoms with van der Waals surface area (Å²) in [5.74, 6) is 0.641. The Hall–Kier alpha value is -1.60. The van der Waals surface area contributed by atoms with Crippen molar-refractivity contribution in [1.82, 2.24) is 4.90 Å². The highest BCUT2D eigenvalue weighted by molar-refractivity contribution is 9.10. The van der Waals surface area contributed by atoms with Crippen LogP contribution in [0.4, 0.5) is 0 Å². The van der Waals surface area contributed by atoms with Gasteiger partial charge in [-0.05, 0) is 45.6 Å². The van der Waals surface area contributed by atoms with Crippen LogP contribution in [0.1, 0.15) is 19.8 Å². The zero-order valence-electron chi connectivity index (χ0n) is 14.7. The smallest absolute Gasteiger partial charge is 0.260 e. The fraction of sp³-hybridized carbons (Fsp3) is 0.421. The molecule has 3 rings (SSSR count). The molecule has 1 aliphatic rings. The standard InChI is InChI=1S/C19H22BrNO4S/c1-2-10-21(15-9-11-26(23,24)13-15)18(22)12-25-17-8-7-14-5-3-4-6-16(14)19(17)20/h3-8,15H,2,9-13H2,1H3. The first-order chi connectivity index (χ1) is 12.4. The summed E-state index contributed by atoms with van der Waals surface area (Å²) in [6.45, 7) is 2.42. The topological polar surface area (TPSA) is 63.7 Å². The van der Waals surface area contributed by atoms with Crippen LogP contribution < -0.4 is 4.74 Å². The highest BCUT2D eigenvalue weighted by Gasteiger charge is 2.34. The molecule has 0 saturated carbocycles. The molecule has 1 heterocycles.